The molecule has 1 atom stereocenters. The summed E-state index contributed by atoms with van der Waals surface area (Å²) in [6.45, 7) is -0.131. The molecule has 2 aromatic carbocycles. The van der Waals surface area contributed by atoms with Crippen molar-refractivity contribution in [1.82, 2.24) is 0 Å². The van der Waals surface area contributed by atoms with Crippen LogP contribution in [-0.2, 0) is 11.4 Å². The van der Waals surface area contributed by atoms with Gasteiger partial charge in [0.2, 0.25) is 0 Å². The van der Waals surface area contributed by atoms with Gasteiger partial charge in [0.15, 0.2) is 0 Å². The number of aliphatic hydroxyl groups is 1. The highest BCUT2D eigenvalue weighted by Crippen LogP contribution is 2.34. The molecule has 1 unspecified atom stereocenters. The summed E-state index contributed by atoms with van der Waals surface area (Å²) in [7, 11) is 0. The van der Waals surface area contributed by atoms with Crippen molar-refractivity contribution >= 4 is 17.3 Å². The van der Waals surface area contributed by atoms with Crippen LogP contribution in [0.1, 0.15) is 17.2 Å². The maximum Gasteiger partial charge on any atom is 0.251 e. The number of hydrogen-bond acceptors (Lipinski definition) is 3. The number of anilines is 2. The molecule has 0 fully saturated rings. The normalized spacial score (nSPS) is 16.7. The van der Waals surface area contributed by atoms with Crippen molar-refractivity contribution in [3.05, 3.63) is 59.4 Å². The molecule has 4 nitrogen and oxygen atoms in total. The number of amides is 1. The molecule has 0 saturated heterocycles. The molecule has 20 heavy (non-hydrogen) atoms. The first-order valence-electron chi connectivity index (χ1n) is 6.24. The molecule has 102 valence electrons. The summed E-state index contributed by atoms with van der Waals surface area (Å²) >= 11 is 0. The van der Waals surface area contributed by atoms with E-state index in [4.69, 9.17) is 0 Å². The average molecular weight is 272 g/mol. The Morgan fingerprint density at radius 3 is 2.85 bits per heavy atom. The van der Waals surface area contributed by atoms with E-state index in [0.717, 1.165) is 0 Å². The van der Waals surface area contributed by atoms with E-state index in [9.17, 15) is 14.3 Å². The standard InChI is InChI=1S/C15H13FN2O2/c16-10-5-6-13-11(7-10)14(15(20)18-13)17-12-4-2-1-3-9(12)8-19/h1-7,14,17,19H,8H2,(H,18,20). The number of para-hydroxylation sites is 1. The van der Waals surface area contributed by atoms with Gasteiger partial charge in [0, 0.05) is 22.5 Å². The SMILES string of the molecule is O=C1Nc2ccc(F)cc2C1Nc1ccccc1CO. The summed E-state index contributed by atoms with van der Waals surface area (Å²) in [6, 6.07) is 10.7. The first-order chi connectivity index (χ1) is 9.69. The Labute approximate surface area is 115 Å². The van der Waals surface area contributed by atoms with Gasteiger partial charge in [-0.1, -0.05) is 18.2 Å². The fourth-order valence-electron chi connectivity index (χ4n) is 2.33. The first-order valence-corrected chi connectivity index (χ1v) is 6.24. The number of hydrogen-bond donors (Lipinski definition) is 3. The molecule has 0 aliphatic carbocycles. The van der Waals surface area contributed by atoms with E-state index in [1.807, 2.05) is 0 Å². The van der Waals surface area contributed by atoms with Crippen LogP contribution in [0.25, 0.3) is 0 Å². The zero-order valence-electron chi connectivity index (χ0n) is 10.6. The summed E-state index contributed by atoms with van der Waals surface area (Å²) in [5, 5.41) is 15.1. The first kappa shape index (κ1) is 12.6. The summed E-state index contributed by atoms with van der Waals surface area (Å²) in [4.78, 5) is 12.0. The van der Waals surface area contributed by atoms with E-state index >= 15 is 0 Å². The molecule has 5 heteroatoms. The molecule has 1 aliphatic rings. The number of benzene rings is 2. The van der Waals surface area contributed by atoms with Crippen LogP contribution in [-0.4, -0.2) is 11.0 Å². The van der Waals surface area contributed by atoms with E-state index in [2.05, 4.69) is 10.6 Å². The Bertz CT molecular complexity index is 673. The number of carbonyl (C=O) groups excluding carboxylic acids is 1. The maximum absolute atomic E-state index is 13.3. The predicted octanol–water partition coefficient (Wildman–Crippen LogP) is 2.42. The average Bonchev–Trinajstić information content (AvgIpc) is 2.76. The molecule has 0 saturated carbocycles. The van der Waals surface area contributed by atoms with Gasteiger partial charge in [0.05, 0.1) is 6.61 Å². The Hall–Kier alpha value is -2.40. The second kappa shape index (κ2) is 4.94. The smallest absolute Gasteiger partial charge is 0.251 e. The van der Waals surface area contributed by atoms with Crippen molar-refractivity contribution in [2.24, 2.45) is 0 Å². The van der Waals surface area contributed by atoms with Crippen LogP contribution in [0.5, 0.6) is 0 Å². The Balaban J connectivity index is 1.96. The monoisotopic (exact) mass is 272 g/mol. The van der Waals surface area contributed by atoms with Crippen molar-refractivity contribution < 1.29 is 14.3 Å². The lowest BCUT2D eigenvalue weighted by Gasteiger charge is -2.15. The van der Waals surface area contributed by atoms with Gasteiger partial charge < -0.3 is 15.7 Å². The van der Waals surface area contributed by atoms with Crippen LogP contribution in [0.4, 0.5) is 15.8 Å². The van der Waals surface area contributed by atoms with E-state index in [0.29, 0.717) is 22.5 Å². The molecule has 0 radical (unpaired) electrons. The van der Waals surface area contributed by atoms with Gasteiger partial charge in [0.1, 0.15) is 11.9 Å². The Morgan fingerprint density at radius 2 is 2.05 bits per heavy atom. The highest BCUT2D eigenvalue weighted by atomic mass is 19.1. The molecule has 3 N–H and O–H groups in total. The molecular weight excluding hydrogens is 259 g/mol. The van der Waals surface area contributed by atoms with E-state index < -0.39 is 6.04 Å². The Morgan fingerprint density at radius 1 is 1.25 bits per heavy atom. The third-order valence-corrected chi connectivity index (χ3v) is 3.33. The quantitative estimate of drug-likeness (QED) is 0.804. The van der Waals surface area contributed by atoms with Crippen molar-refractivity contribution in [3.8, 4) is 0 Å². The molecule has 0 spiro atoms. The molecule has 1 heterocycles. The summed E-state index contributed by atoms with van der Waals surface area (Å²) in [5.74, 6) is -0.624. The van der Waals surface area contributed by atoms with Crippen molar-refractivity contribution in [1.29, 1.82) is 0 Å². The largest absolute Gasteiger partial charge is 0.392 e. The van der Waals surface area contributed by atoms with E-state index in [-0.39, 0.29) is 18.3 Å². The van der Waals surface area contributed by atoms with Crippen LogP contribution in [0.15, 0.2) is 42.5 Å². The van der Waals surface area contributed by atoms with Gasteiger partial charge in [-0.3, -0.25) is 4.79 Å². The lowest BCUT2D eigenvalue weighted by Crippen LogP contribution is -2.20. The minimum atomic E-state index is -0.659. The van der Waals surface area contributed by atoms with Gasteiger partial charge in [0.25, 0.3) is 5.91 Å². The minimum absolute atomic E-state index is 0.131. The molecule has 2 aromatic rings. The van der Waals surface area contributed by atoms with Gasteiger partial charge in [-0.05, 0) is 24.3 Å². The summed E-state index contributed by atoms with van der Waals surface area (Å²) in [5.41, 5.74) is 2.52. The van der Waals surface area contributed by atoms with Crippen molar-refractivity contribution in [3.63, 3.8) is 0 Å². The molecule has 1 aliphatic heterocycles. The predicted molar refractivity (Wildman–Crippen MR) is 73.8 cm³/mol. The zero-order chi connectivity index (χ0) is 14.1. The molecule has 3 rings (SSSR count). The number of nitrogens with one attached hydrogen (secondary N) is 2. The third-order valence-electron chi connectivity index (χ3n) is 3.33. The van der Waals surface area contributed by atoms with Crippen LogP contribution < -0.4 is 10.6 Å². The van der Waals surface area contributed by atoms with E-state index in [1.54, 1.807) is 30.3 Å². The van der Waals surface area contributed by atoms with Crippen molar-refractivity contribution in [2.75, 3.05) is 10.6 Å². The molecule has 1 amide bonds. The van der Waals surface area contributed by atoms with Crippen LogP contribution in [0, 0.1) is 5.82 Å². The fraction of sp³-hybridized carbons (Fsp3) is 0.133. The minimum Gasteiger partial charge on any atom is -0.392 e. The summed E-state index contributed by atoms with van der Waals surface area (Å²) in [6.07, 6.45) is 0. The Kier molecular flexibility index (Phi) is 3.12. The van der Waals surface area contributed by atoms with Gasteiger partial charge in [-0.15, -0.1) is 0 Å². The topological polar surface area (TPSA) is 61.4 Å². The van der Waals surface area contributed by atoms with Crippen LogP contribution >= 0.6 is 0 Å². The number of aliphatic hydroxyl groups excluding tert-OH is 1. The third kappa shape index (κ3) is 2.12. The highest BCUT2D eigenvalue weighted by molar-refractivity contribution is 6.04. The number of rotatable bonds is 3. The van der Waals surface area contributed by atoms with Gasteiger partial charge >= 0.3 is 0 Å². The van der Waals surface area contributed by atoms with Gasteiger partial charge in [-0.25, -0.2) is 4.39 Å². The molecule has 0 bridgehead atoms. The summed E-state index contributed by atoms with van der Waals surface area (Å²) < 4.78 is 13.3. The highest BCUT2D eigenvalue weighted by Gasteiger charge is 2.31. The van der Waals surface area contributed by atoms with E-state index in [1.165, 1.54) is 12.1 Å². The van der Waals surface area contributed by atoms with Crippen LogP contribution in [0.3, 0.4) is 0 Å². The van der Waals surface area contributed by atoms with Gasteiger partial charge in [-0.2, -0.15) is 0 Å². The lowest BCUT2D eigenvalue weighted by atomic mass is 10.1. The second-order valence-electron chi connectivity index (χ2n) is 4.61. The number of halogens is 1. The molecular formula is C15H13FN2O2. The van der Waals surface area contributed by atoms with Crippen LogP contribution in [0.2, 0.25) is 0 Å². The maximum atomic E-state index is 13.3. The number of fused-ring (bicyclic) bond motifs is 1. The molecule has 0 aromatic heterocycles. The second-order valence-corrected chi connectivity index (χ2v) is 4.61. The fourth-order valence-corrected chi connectivity index (χ4v) is 2.33. The van der Waals surface area contributed by atoms with Crippen molar-refractivity contribution in [2.45, 2.75) is 12.6 Å². The lowest BCUT2D eigenvalue weighted by molar-refractivity contribution is -0.116. The zero-order valence-corrected chi connectivity index (χ0v) is 10.6. The number of carbonyl (C=O) groups is 1.